The summed E-state index contributed by atoms with van der Waals surface area (Å²) in [4.78, 5) is 19.2. The lowest BCUT2D eigenvalue weighted by molar-refractivity contribution is -0.129. The van der Waals surface area contributed by atoms with Crippen LogP contribution >= 0.6 is 31.9 Å². The molecule has 2 aliphatic rings. The van der Waals surface area contributed by atoms with Crippen LogP contribution in [0.2, 0.25) is 0 Å². The van der Waals surface area contributed by atoms with Gasteiger partial charge in [0.15, 0.2) is 11.6 Å². The Morgan fingerprint density at radius 3 is 2.47 bits per heavy atom. The summed E-state index contributed by atoms with van der Waals surface area (Å²) in [5.41, 5.74) is 1.43. The molecular weight excluding hydrogens is 612 g/mol. The molecule has 1 heterocycles. The molecule has 0 aromatic heterocycles. The highest BCUT2D eigenvalue weighted by Gasteiger charge is 2.54. The first kappa shape index (κ1) is 26.9. The fraction of sp³-hybridized carbons (Fsp3) is 0.333. The van der Waals surface area contributed by atoms with Crippen LogP contribution < -0.4 is 10.1 Å². The highest BCUT2D eigenvalue weighted by Crippen LogP contribution is 2.45. The van der Waals surface area contributed by atoms with E-state index in [1.54, 1.807) is 0 Å². The Labute approximate surface area is 239 Å². The maximum atomic E-state index is 14.1. The Morgan fingerprint density at radius 2 is 1.79 bits per heavy atom. The van der Waals surface area contributed by atoms with E-state index in [9.17, 15) is 4.79 Å². The van der Waals surface area contributed by atoms with Crippen molar-refractivity contribution >= 4 is 43.7 Å². The maximum absolute atomic E-state index is 14.1. The lowest BCUT2D eigenvalue weighted by Gasteiger charge is -2.31. The van der Waals surface area contributed by atoms with Gasteiger partial charge in [0.1, 0.15) is 5.75 Å². The number of rotatable bonds is 11. The number of nitrogens with zero attached hydrogens (tertiary/aromatic N) is 1. The number of hydrogen-bond donors (Lipinski definition) is 2. The van der Waals surface area contributed by atoms with Crippen molar-refractivity contribution < 1.29 is 19.4 Å². The monoisotopic (exact) mass is 640 g/mol. The first-order valence-corrected chi connectivity index (χ1v) is 14.4. The van der Waals surface area contributed by atoms with E-state index in [0.29, 0.717) is 43.6 Å². The van der Waals surface area contributed by atoms with E-state index in [0.717, 1.165) is 38.5 Å². The van der Waals surface area contributed by atoms with Crippen molar-refractivity contribution in [3.8, 4) is 5.75 Å². The second-order valence-corrected chi connectivity index (χ2v) is 11.5. The fourth-order valence-electron chi connectivity index (χ4n) is 4.57. The number of aliphatic imine (C=N–C) groups is 1. The minimum atomic E-state index is -1.20. The Balaban J connectivity index is 1.54. The second kappa shape index (κ2) is 12.0. The van der Waals surface area contributed by atoms with Gasteiger partial charge in [0.05, 0.1) is 6.61 Å². The number of carbonyl (C=O) groups is 1. The molecule has 0 saturated heterocycles. The molecule has 1 saturated carbocycles. The molecule has 0 spiro atoms. The van der Waals surface area contributed by atoms with Gasteiger partial charge in [-0.3, -0.25) is 4.79 Å². The summed E-state index contributed by atoms with van der Waals surface area (Å²) >= 11 is 7.20. The summed E-state index contributed by atoms with van der Waals surface area (Å²) in [5, 5.41) is 12.2. The van der Waals surface area contributed by atoms with E-state index in [4.69, 9.17) is 19.6 Å². The van der Waals surface area contributed by atoms with Crippen LogP contribution in [-0.2, 0) is 16.0 Å². The third-order valence-electron chi connectivity index (χ3n) is 6.85. The molecule has 5 rings (SSSR count). The summed E-state index contributed by atoms with van der Waals surface area (Å²) in [6, 6.07) is 23.3. The Morgan fingerprint density at radius 1 is 1.05 bits per heavy atom. The molecule has 0 unspecified atom stereocenters. The van der Waals surface area contributed by atoms with E-state index in [2.05, 4.69) is 37.2 Å². The number of halogens is 2. The van der Waals surface area contributed by atoms with Crippen molar-refractivity contribution in [2.24, 2.45) is 10.9 Å². The van der Waals surface area contributed by atoms with Crippen LogP contribution in [0.25, 0.3) is 0 Å². The van der Waals surface area contributed by atoms with Gasteiger partial charge in [-0.2, -0.15) is 0 Å². The predicted molar refractivity (Wildman–Crippen MR) is 154 cm³/mol. The van der Waals surface area contributed by atoms with Crippen LogP contribution in [0.3, 0.4) is 0 Å². The van der Waals surface area contributed by atoms with Crippen molar-refractivity contribution in [2.75, 3.05) is 19.8 Å². The zero-order valence-corrected chi connectivity index (χ0v) is 24.1. The number of nitrogens with one attached hydrogen (secondary N) is 1. The first-order valence-electron chi connectivity index (χ1n) is 12.9. The zero-order valence-electron chi connectivity index (χ0n) is 20.9. The average molecular weight is 642 g/mol. The van der Waals surface area contributed by atoms with Gasteiger partial charge < -0.3 is 19.9 Å². The third kappa shape index (κ3) is 6.14. The van der Waals surface area contributed by atoms with Gasteiger partial charge in [0.25, 0.3) is 5.91 Å². The van der Waals surface area contributed by atoms with Crippen molar-refractivity contribution in [3.63, 3.8) is 0 Å². The molecule has 2 N–H and O–H groups in total. The minimum absolute atomic E-state index is 0.0857. The topological polar surface area (TPSA) is 80.2 Å². The molecule has 6 nitrogen and oxygen atoms in total. The SMILES string of the molecule is O=C(NCC1CC1)[C@]1(Cc2ccc(Br)cc2)N=C(c2ccc(OCCCO)cc2)O[C@@H]1c1ccccc1Br. The average Bonchev–Trinajstić information content (AvgIpc) is 3.69. The molecule has 1 amide bonds. The van der Waals surface area contributed by atoms with Gasteiger partial charge in [-0.25, -0.2) is 4.99 Å². The smallest absolute Gasteiger partial charge is 0.252 e. The summed E-state index contributed by atoms with van der Waals surface area (Å²) < 4.78 is 14.1. The van der Waals surface area contributed by atoms with Gasteiger partial charge in [0.2, 0.25) is 5.90 Å². The second-order valence-electron chi connectivity index (χ2n) is 9.77. The highest BCUT2D eigenvalue weighted by molar-refractivity contribution is 9.10. The summed E-state index contributed by atoms with van der Waals surface area (Å²) in [6.45, 7) is 1.17. The largest absolute Gasteiger partial charge is 0.494 e. The lowest BCUT2D eigenvalue weighted by Crippen LogP contribution is -2.50. The number of benzene rings is 3. The molecule has 3 aromatic rings. The Hall–Kier alpha value is -2.68. The molecule has 38 heavy (non-hydrogen) atoms. The van der Waals surface area contributed by atoms with Crippen LogP contribution in [-0.4, -0.2) is 42.2 Å². The maximum Gasteiger partial charge on any atom is 0.252 e. The molecule has 1 aliphatic heterocycles. The van der Waals surface area contributed by atoms with Gasteiger partial charge in [0, 0.05) is 46.1 Å². The zero-order chi connectivity index (χ0) is 26.5. The van der Waals surface area contributed by atoms with Gasteiger partial charge in [-0.1, -0.05) is 62.2 Å². The standard InChI is InChI=1S/C30H30Br2N2O4/c31-23-12-8-20(9-13-23)18-30(29(36)33-19-21-6-7-21)27(25-4-1-2-5-26(25)32)38-28(34-30)22-10-14-24(15-11-22)37-17-3-16-35/h1-2,4-5,8-15,21,27,35H,3,6-7,16-19H2,(H,33,36)/t27-,30-/m1/s1. The van der Waals surface area contributed by atoms with Gasteiger partial charge in [-0.05, 0) is 66.8 Å². The summed E-state index contributed by atoms with van der Waals surface area (Å²) in [6.07, 6.45) is 2.61. The summed E-state index contributed by atoms with van der Waals surface area (Å²) in [5.74, 6) is 1.53. The Bertz CT molecular complexity index is 1290. The lowest BCUT2D eigenvalue weighted by atomic mass is 9.82. The number of hydrogen-bond acceptors (Lipinski definition) is 5. The fourth-order valence-corrected chi connectivity index (χ4v) is 5.33. The van der Waals surface area contributed by atoms with Crippen LogP contribution in [0.15, 0.2) is 86.7 Å². The number of aliphatic hydroxyl groups is 1. The van der Waals surface area contributed by atoms with Gasteiger partial charge in [-0.15, -0.1) is 0 Å². The summed E-state index contributed by atoms with van der Waals surface area (Å²) in [7, 11) is 0. The molecular formula is C30H30Br2N2O4. The number of carbonyl (C=O) groups excluding carboxylic acids is 1. The minimum Gasteiger partial charge on any atom is -0.494 e. The van der Waals surface area contributed by atoms with E-state index in [1.807, 2.05) is 72.8 Å². The molecule has 1 fully saturated rings. The van der Waals surface area contributed by atoms with Gasteiger partial charge >= 0.3 is 0 Å². The van der Waals surface area contributed by atoms with Crippen molar-refractivity contribution in [3.05, 3.63) is 98.4 Å². The first-order chi connectivity index (χ1) is 18.5. The molecule has 1 aliphatic carbocycles. The number of aliphatic hydroxyl groups excluding tert-OH is 1. The molecule has 198 valence electrons. The molecule has 0 radical (unpaired) electrons. The Kier molecular flexibility index (Phi) is 8.51. The number of ether oxygens (including phenoxy) is 2. The van der Waals surface area contributed by atoms with E-state index >= 15 is 0 Å². The number of amides is 1. The van der Waals surface area contributed by atoms with Crippen LogP contribution in [0.4, 0.5) is 0 Å². The van der Waals surface area contributed by atoms with E-state index in [-0.39, 0.29) is 12.5 Å². The van der Waals surface area contributed by atoms with Crippen molar-refractivity contribution in [1.82, 2.24) is 5.32 Å². The predicted octanol–water partition coefficient (Wildman–Crippen LogP) is 6.00. The molecule has 2 atom stereocenters. The normalized spacial score (nSPS) is 20.5. The van der Waals surface area contributed by atoms with E-state index in [1.165, 1.54) is 0 Å². The van der Waals surface area contributed by atoms with Crippen LogP contribution in [0, 0.1) is 5.92 Å². The van der Waals surface area contributed by atoms with Crippen LogP contribution in [0.1, 0.15) is 42.1 Å². The highest BCUT2D eigenvalue weighted by atomic mass is 79.9. The molecule has 3 aromatic carbocycles. The van der Waals surface area contributed by atoms with Crippen molar-refractivity contribution in [1.29, 1.82) is 0 Å². The molecule has 8 heteroatoms. The molecule has 0 bridgehead atoms. The van der Waals surface area contributed by atoms with E-state index < -0.39 is 11.6 Å². The quantitative estimate of drug-likeness (QED) is 0.252. The van der Waals surface area contributed by atoms with Crippen LogP contribution in [0.5, 0.6) is 5.75 Å². The third-order valence-corrected chi connectivity index (χ3v) is 8.10. The van der Waals surface area contributed by atoms with Crippen molar-refractivity contribution in [2.45, 2.75) is 37.3 Å².